The zero-order valence-electron chi connectivity index (χ0n) is 36.0. The van der Waals surface area contributed by atoms with E-state index < -0.39 is 62.5 Å². The first-order valence-corrected chi connectivity index (χ1v) is 26.7. The number of nitrogens with zero attached hydrogens (tertiary/aromatic N) is 5. The number of fused-ring (bicyclic) bond motifs is 3. The Balaban J connectivity index is 0.000000195. The molecule has 0 saturated carbocycles. The van der Waals surface area contributed by atoms with E-state index in [9.17, 15) is 24.4 Å². The number of nitrogens with one attached hydrogen (secondary N) is 2. The number of hydrogen-bond donors (Lipinski definition) is 5. The molecule has 0 spiro atoms. The Hall–Kier alpha value is -5.00. The van der Waals surface area contributed by atoms with Gasteiger partial charge in [0.05, 0.1) is 31.0 Å². The number of carbonyl (C=O) groups is 2. The number of benzene rings is 2. The van der Waals surface area contributed by atoms with Gasteiger partial charge in [0.2, 0.25) is 0 Å². The Labute approximate surface area is 399 Å². The van der Waals surface area contributed by atoms with Crippen molar-refractivity contribution in [2.24, 2.45) is 5.92 Å². The fraction of sp³-hybridized carbons (Fsp3) is 0.372. The van der Waals surface area contributed by atoms with Crippen molar-refractivity contribution in [1.82, 2.24) is 29.7 Å². The summed E-state index contributed by atoms with van der Waals surface area (Å²) in [5, 5.41) is 27.9. The molecule has 10 rings (SSSR count). The summed E-state index contributed by atoms with van der Waals surface area (Å²) >= 11 is 6.55. The minimum absolute atomic E-state index is 0. The lowest BCUT2D eigenvalue weighted by Gasteiger charge is -2.35. The second kappa shape index (κ2) is 20.2. The predicted octanol–water partition coefficient (Wildman–Crippen LogP) is 6.21. The van der Waals surface area contributed by atoms with Crippen molar-refractivity contribution in [2.45, 2.75) is 83.0 Å². The van der Waals surface area contributed by atoms with Gasteiger partial charge in [-0.15, -0.1) is 0 Å². The fourth-order valence-corrected chi connectivity index (χ4v) is 13.3. The van der Waals surface area contributed by atoms with Gasteiger partial charge in [0.1, 0.15) is 66.6 Å². The summed E-state index contributed by atoms with van der Waals surface area (Å²) in [5.41, 5.74) is 9.45. The highest BCUT2D eigenvalue weighted by Gasteiger charge is 2.55. The number of rotatable bonds is 10. The first kappa shape index (κ1) is 49.4. The molecule has 21 nitrogen and oxygen atoms in total. The minimum atomic E-state index is -3.65. The van der Waals surface area contributed by atoms with Crippen LogP contribution in [-0.4, -0.2) is 103 Å². The SMILES string of the molecule is C.C=C1NC(=O)C(C)=CN1[C@@H]1O[C@@H]2COP(=S)(Nc3ccccc3)OC2C1O.CC(C)C(=O)Oc1ccc(CSP2(=O)OC[C@H]3O[C@@H](n4c(-c5ccoc5)nc5c(N)ncnc54)C(O)C3O2)cc1. The molecule has 6 N–H and O–H groups in total. The van der Waals surface area contributed by atoms with E-state index in [1.165, 1.54) is 18.9 Å². The molecule has 6 unspecified atom stereocenters. The normalized spacial score (nSPS) is 29.8. The first-order chi connectivity index (χ1) is 32.1. The van der Waals surface area contributed by atoms with Crippen molar-refractivity contribution >= 4 is 71.2 Å². The molecular weight excluding hydrogens is 963 g/mol. The first-order valence-electron chi connectivity index (χ1n) is 20.9. The van der Waals surface area contributed by atoms with E-state index in [2.05, 4.69) is 31.9 Å². The molecule has 0 radical (unpaired) electrons. The van der Waals surface area contributed by atoms with Crippen LogP contribution in [0.2, 0.25) is 0 Å². The number of nitrogens with two attached hydrogens (primary N) is 1. The van der Waals surface area contributed by atoms with Crippen molar-refractivity contribution in [3.05, 3.63) is 109 Å². The van der Waals surface area contributed by atoms with Gasteiger partial charge in [0.25, 0.3) is 12.5 Å². The quantitative estimate of drug-likeness (QED) is 0.0591. The van der Waals surface area contributed by atoms with Gasteiger partial charge in [-0.1, -0.05) is 58.2 Å². The molecule has 3 aromatic heterocycles. The fourth-order valence-electron chi connectivity index (χ4n) is 7.58. The Morgan fingerprint density at radius 2 is 1.72 bits per heavy atom. The van der Waals surface area contributed by atoms with Gasteiger partial charge < -0.3 is 58.9 Å². The topological polar surface area (TPSA) is 266 Å². The Morgan fingerprint density at radius 3 is 2.43 bits per heavy atom. The number of imidazole rings is 1. The van der Waals surface area contributed by atoms with E-state index in [-0.39, 0.29) is 44.3 Å². The summed E-state index contributed by atoms with van der Waals surface area (Å²) in [7, 11) is 0. The summed E-state index contributed by atoms with van der Waals surface area (Å²) in [6.07, 6.45) is -0.799. The molecule has 25 heteroatoms. The van der Waals surface area contributed by atoms with Gasteiger partial charge in [-0.2, -0.15) is 0 Å². The molecule has 0 bridgehead atoms. The van der Waals surface area contributed by atoms with Crippen LogP contribution in [0, 0.1) is 5.92 Å². The van der Waals surface area contributed by atoms with Crippen molar-refractivity contribution in [2.75, 3.05) is 24.0 Å². The number of aliphatic hydroxyl groups is 2. The number of anilines is 2. The average Bonchev–Trinajstić information content (AvgIpc) is 4.11. The molecule has 5 aliphatic heterocycles. The standard InChI is InChI=1S/C25H26N5O8PS.C17H20N3O5PS.CH4/c1-13(2)25(32)36-16-5-3-14(4-6-16)11-40-39(33)35-10-17-20(38-39)19(31)24(37-17)30-22(15-7-8-34-9-15)29-18-21(26)27-12-28-23(18)30;1-10-8-20(11(2)18-16(10)22)17-14(21)15-13(24-17)9-23-26(27,25-15)19-12-6-4-3-5-7-12;/h3-9,12-13,17,19-20,24,31H,10-11H2,1-2H3,(H2,26,27,28);3-8,13-15,17,21H,2,9H2,1H3,(H,18,22)(H,19,27);1H4/t17-,19?,20?,24-,39?;13-,14?,15?,17-,26?;/m11./s1. The zero-order chi connectivity index (χ0) is 47.2. The van der Waals surface area contributed by atoms with Gasteiger partial charge in [-0.3, -0.25) is 23.2 Å². The summed E-state index contributed by atoms with van der Waals surface area (Å²) in [6.45, 7) is 2.69. The summed E-state index contributed by atoms with van der Waals surface area (Å²) < 4.78 is 60.9. The maximum Gasteiger partial charge on any atom is 0.389 e. The third-order valence-electron chi connectivity index (χ3n) is 11.1. The third-order valence-corrected chi connectivity index (χ3v) is 17.1. The maximum absolute atomic E-state index is 13.5. The number of esters is 1. The van der Waals surface area contributed by atoms with E-state index in [0.29, 0.717) is 45.4 Å². The lowest BCUT2D eigenvalue weighted by molar-refractivity contribution is -0.137. The number of furan rings is 1. The van der Waals surface area contributed by atoms with Crippen LogP contribution in [-0.2, 0) is 59.3 Å². The molecule has 5 aliphatic rings. The number of amides is 1. The second-order valence-electron chi connectivity index (χ2n) is 16.1. The zero-order valence-corrected chi connectivity index (χ0v) is 39.4. The van der Waals surface area contributed by atoms with Crippen molar-refractivity contribution in [1.29, 1.82) is 0 Å². The van der Waals surface area contributed by atoms with Crippen LogP contribution in [0.15, 0.2) is 108 Å². The van der Waals surface area contributed by atoms with Crippen LogP contribution in [0.1, 0.15) is 40.0 Å². The number of aromatic nitrogens is 4. The molecule has 5 aromatic rings. The van der Waals surface area contributed by atoms with E-state index >= 15 is 0 Å². The van der Waals surface area contributed by atoms with E-state index in [1.807, 2.05) is 30.3 Å². The van der Waals surface area contributed by atoms with Crippen LogP contribution in [0.3, 0.4) is 0 Å². The van der Waals surface area contributed by atoms with Gasteiger partial charge in [0.15, 0.2) is 29.4 Å². The number of carbonyl (C=O) groups excluding carboxylic acids is 2. The van der Waals surface area contributed by atoms with Gasteiger partial charge >= 0.3 is 12.8 Å². The summed E-state index contributed by atoms with van der Waals surface area (Å²) in [6, 6.07) is 18.0. The lowest BCUT2D eigenvalue weighted by atomic mass is 10.1. The molecule has 68 heavy (non-hydrogen) atoms. The van der Waals surface area contributed by atoms with Crippen molar-refractivity contribution < 1.29 is 61.1 Å². The van der Waals surface area contributed by atoms with Crippen LogP contribution < -0.4 is 20.9 Å². The molecular formula is C43H50N8O13P2S2. The molecule has 10 atom stereocenters. The molecule has 2 aromatic carbocycles. The molecule has 1 amide bonds. The monoisotopic (exact) mass is 1010 g/mol. The smallest absolute Gasteiger partial charge is 0.389 e. The van der Waals surface area contributed by atoms with Gasteiger partial charge in [-0.25, -0.2) is 19.5 Å². The highest BCUT2D eigenvalue weighted by atomic mass is 32.7. The van der Waals surface area contributed by atoms with Gasteiger partial charge in [0, 0.05) is 23.2 Å². The van der Waals surface area contributed by atoms with E-state index in [0.717, 1.165) is 22.6 Å². The highest BCUT2D eigenvalue weighted by molar-refractivity contribution is 8.54. The van der Waals surface area contributed by atoms with Crippen LogP contribution >= 0.6 is 24.8 Å². The molecule has 362 valence electrons. The Bertz CT molecular complexity index is 2780. The maximum atomic E-state index is 13.5. The van der Waals surface area contributed by atoms with Crippen LogP contribution in [0.25, 0.3) is 22.6 Å². The third kappa shape index (κ3) is 10.2. The number of nitrogen functional groups attached to an aromatic ring is 1. The number of para-hydroxylation sites is 1. The average molecular weight is 1010 g/mol. The number of hydrogen-bond acceptors (Lipinski definition) is 20. The van der Waals surface area contributed by atoms with Crippen LogP contribution in [0.4, 0.5) is 11.5 Å². The largest absolute Gasteiger partial charge is 0.472 e. The summed E-state index contributed by atoms with van der Waals surface area (Å²) in [4.78, 5) is 38.0. The minimum Gasteiger partial charge on any atom is -0.472 e. The highest BCUT2D eigenvalue weighted by Crippen LogP contribution is 2.66. The van der Waals surface area contributed by atoms with E-state index in [4.69, 9.17) is 54.3 Å². The van der Waals surface area contributed by atoms with E-state index in [1.54, 1.807) is 66.8 Å². The molecule has 4 fully saturated rings. The Morgan fingerprint density at radius 1 is 1.03 bits per heavy atom. The second-order valence-corrected chi connectivity index (χ2v) is 23.3. The molecule has 8 heterocycles. The molecule has 0 aliphatic carbocycles. The molecule has 4 saturated heterocycles. The van der Waals surface area contributed by atoms with Gasteiger partial charge in [-0.05, 0) is 66.0 Å². The summed E-state index contributed by atoms with van der Waals surface area (Å²) in [5.74, 6) is 0.843. The number of ether oxygens (including phenoxy) is 3. The predicted molar refractivity (Wildman–Crippen MR) is 253 cm³/mol. The van der Waals surface area contributed by atoms with Crippen molar-refractivity contribution in [3.63, 3.8) is 0 Å². The lowest BCUT2D eigenvalue weighted by Crippen LogP contribution is -2.48. The van der Waals surface area contributed by atoms with Crippen LogP contribution in [0.5, 0.6) is 5.75 Å². The van der Waals surface area contributed by atoms with Crippen molar-refractivity contribution in [3.8, 4) is 17.1 Å². The number of aliphatic hydroxyl groups excluding tert-OH is 2. The Kier molecular flexibility index (Phi) is 14.6.